The number of amides is 1. The van der Waals surface area contributed by atoms with Gasteiger partial charge in [-0.15, -0.1) is 0 Å². The van der Waals surface area contributed by atoms with Gasteiger partial charge in [-0.3, -0.25) is 4.79 Å². The van der Waals surface area contributed by atoms with Crippen LogP contribution in [0.15, 0.2) is 18.2 Å². The van der Waals surface area contributed by atoms with Crippen LogP contribution in [0, 0.1) is 19.8 Å². The third kappa shape index (κ3) is 3.38. The Hall–Kier alpha value is -1.55. The second-order valence-electron chi connectivity index (χ2n) is 6.55. The summed E-state index contributed by atoms with van der Waals surface area (Å²) >= 11 is 0. The van der Waals surface area contributed by atoms with Crippen LogP contribution in [-0.2, 0) is 4.79 Å². The summed E-state index contributed by atoms with van der Waals surface area (Å²) in [6, 6.07) is 6.54. The highest BCUT2D eigenvalue weighted by Gasteiger charge is 2.43. The second-order valence-corrected chi connectivity index (χ2v) is 6.55. The summed E-state index contributed by atoms with van der Waals surface area (Å²) in [5, 5.41) is 0. The molecule has 1 aliphatic rings. The number of rotatable bonds is 5. The van der Waals surface area contributed by atoms with E-state index in [9.17, 15) is 4.79 Å². The van der Waals surface area contributed by atoms with Crippen molar-refractivity contribution in [3.8, 4) is 0 Å². The number of nitrogens with two attached hydrogens (primary N) is 2. The van der Waals surface area contributed by atoms with Gasteiger partial charge >= 0.3 is 0 Å². The first-order valence-electron chi connectivity index (χ1n) is 7.71. The zero-order chi connectivity index (χ0) is 15.6. The summed E-state index contributed by atoms with van der Waals surface area (Å²) in [7, 11) is 2.09. The van der Waals surface area contributed by atoms with E-state index in [-0.39, 0.29) is 11.8 Å². The van der Waals surface area contributed by atoms with Crippen molar-refractivity contribution in [1.82, 2.24) is 0 Å². The molecule has 0 spiro atoms. The lowest BCUT2D eigenvalue weighted by Gasteiger charge is -2.30. The maximum Gasteiger partial charge on any atom is 0.237 e. The van der Waals surface area contributed by atoms with E-state index in [1.165, 1.54) is 16.8 Å². The summed E-state index contributed by atoms with van der Waals surface area (Å²) < 4.78 is 0. The van der Waals surface area contributed by atoms with Crippen molar-refractivity contribution in [2.75, 3.05) is 18.5 Å². The molecule has 0 radical (unpaired) electrons. The third-order valence-corrected chi connectivity index (χ3v) is 4.79. The van der Waals surface area contributed by atoms with Gasteiger partial charge in [-0.25, -0.2) is 0 Å². The van der Waals surface area contributed by atoms with Gasteiger partial charge in [0.05, 0.1) is 5.54 Å². The number of carbonyl (C=O) groups is 1. The zero-order valence-corrected chi connectivity index (χ0v) is 13.4. The van der Waals surface area contributed by atoms with Crippen LogP contribution < -0.4 is 16.4 Å². The maximum absolute atomic E-state index is 11.6. The van der Waals surface area contributed by atoms with E-state index < -0.39 is 5.54 Å². The van der Waals surface area contributed by atoms with Gasteiger partial charge in [-0.2, -0.15) is 0 Å². The minimum absolute atomic E-state index is 0.198. The first-order valence-corrected chi connectivity index (χ1v) is 7.71. The normalized spacial score (nSPS) is 25.0. The minimum Gasteiger partial charge on any atom is -0.375 e. The molecule has 4 N–H and O–H groups in total. The number of benzene rings is 1. The molecule has 2 rings (SSSR count). The molecule has 0 bridgehead atoms. The fourth-order valence-corrected chi connectivity index (χ4v) is 3.48. The molecular weight excluding hydrogens is 262 g/mol. The van der Waals surface area contributed by atoms with Crippen LogP contribution in [0.1, 0.15) is 36.8 Å². The Kier molecular flexibility index (Phi) is 4.57. The lowest BCUT2D eigenvalue weighted by molar-refractivity contribution is -0.124. The number of aryl methyl sites for hydroxylation is 2. The molecule has 0 aliphatic heterocycles. The highest BCUT2D eigenvalue weighted by molar-refractivity contribution is 5.85. The van der Waals surface area contributed by atoms with Gasteiger partial charge in [0.2, 0.25) is 5.91 Å². The molecule has 1 fully saturated rings. The predicted molar refractivity (Wildman–Crippen MR) is 87.3 cm³/mol. The summed E-state index contributed by atoms with van der Waals surface area (Å²) in [5.41, 5.74) is 14.7. The van der Waals surface area contributed by atoms with E-state index in [1.54, 1.807) is 0 Å². The first-order chi connectivity index (χ1) is 9.83. The Morgan fingerprint density at radius 1 is 1.33 bits per heavy atom. The van der Waals surface area contributed by atoms with Crippen molar-refractivity contribution in [1.29, 1.82) is 0 Å². The molecule has 0 aromatic heterocycles. The van der Waals surface area contributed by atoms with Crippen molar-refractivity contribution in [2.45, 2.75) is 45.1 Å². The van der Waals surface area contributed by atoms with Gasteiger partial charge in [0.25, 0.3) is 0 Å². The van der Waals surface area contributed by atoms with E-state index >= 15 is 0 Å². The van der Waals surface area contributed by atoms with E-state index in [0.29, 0.717) is 0 Å². The summed E-state index contributed by atoms with van der Waals surface area (Å²) in [4.78, 5) is 13.9. The van der Waals surface area contributed by atoms with Crippen molar-refractivity contribution in [3.05, 3.63) is 29.3 Å². The predicted octanol–water partition coefficient (Wildman–Crippen LogP) is 2.11. The Bertz CT molecular complexity index is 509. The number of anilines is 1. The Labute approximate surface area is 127 Å². The van der Waals surface area contributed by atoms with Crippen LogP contribution >= 0.6 is 0 Å². The van der Waals surface area contributed by atoms with Crippen molar-refractivity contribution in [2.24, 2.45) is 17.4 Å². The van der Waals surface area contributed by atoms with Crippen LogP contribution in [-0.4, -0.2) is 25.0 Å². The summed E-state index contributed by atoms with van der Waals surface area (Å²) in [5.74, 6) is -0.151. The van der Waals surface area contributed by atoms with Crippen LogP contribution in [0.25, 0.3) is 0 Å². The molecule has 21 heavy (non-hydrogen) atoms. The van der Waals surface area contributed by atoms with E-state index in [4.69, 9.17) is 11.5 Å². The second kappa shape index (κ2) is 6.06. The highest BCUT2D eigenvalue weighted by Crippen LogP contribution is 2.36. The van der Waals surface area contributed by atoms with Gasteiger partial charge < -0.3 is 16.4 Å². The quantitative estimate of drug-likeness (QED) is 0.872. The standard InChI is InChI=1S/C17H27N3O/c1-12-9-13(2)11-15(10-12)20(3)8-6-14-5-4-7-17(14,19)16(18)21/h9-11,14H,4-8,19H2,1-3H3,(H2,18,21). The van der Waals surface area contributed by atoms with Gasteiger partial charge in [-0.05, 0) is 62.3 Å². The molecule has 4 nitrogen and oxygen atoms in total. The third-order valence-electron chi connectivity index (χ3n) is 4.79. The fraction of sp³-hybridized carbons (Fsp3) is 0.588. The van der Waals surface area contributed by atoms with E-state index in [0.717, 1.165) is 32.2 Å². The zero-order valence-electron chi connectivity index (χ0n) is 13.4. The van der Waals surface area contributed by atoms with E-state index in [1.807, 2.05) is 0 Å². The number of hydrogen-bond acceptors (Lipinski definition) is 3. The topological polar surface area (TPSA) is 72.3 Å². The Balaban J connectivity index is 2.01. The SMILES string of the molecule is Cc1cc(C)cc(N(C)CCC2CCCC2(N)C(N)=O)c1. The average molecular weight is 289 g/mol. The molecule has 1 aromatic rings. The van der Waals surface area contributed by atoms with Crippen molar-refractivity contribution < 1.29 is 4.79 Å². The molecule has 1 aromatic carbocycles. The van der Waals surface area contributed by atoms with Crippen LogP contribution in [0.3, 0.4) is 0 Å². The molecule has 116 valence electrons. The van der Waals surface area contributed by atoms with E-state index in [2.05, 4.69) is 44.0 Å². The minimum atomic E-state index is -0.802. The number of hydrogen-bond donors (Lipinski definition) is 2. The first kappa shape index (κ1) is 15.8. The number of nitrogens with zero attached hydrogens (tertiary/aromatic N) is 1. The Morgan fingerprint density at radius 2 is 1.95 bits per heavy atom. The Morgan fingerprint density at radius 3 is 2.52 bits per heavy atom. The van der Waals surface area contributed by atoms with Crippen LogP contribution in [0.2, 0.25) is 0 Å². The van der Waals surface area contributed by atoms with Crippen molar-refractivity contribution >= 4 is 11.6 Å². The van der Waals surface area contributed by atoms with Crippen molar-refractivity contribution in [3.63, 3.8) is 0 Å². The smallest absolute Gasteiger partial charge is 0.237 e. The highest BCUT2D eigenvalue weighted by atomic mass is 16.1. The molecule has 1 amide bonds. The lowest BCUT2D eigenvalue weighted by Crippen LogP contribution is -2.55. The van der Waals surface area contributed by atoms with Gasteiger partial charge in [0, 0.05) is 19.3 Å². The summed E-state index contributed by atoms with van der Waals surface area (Å²) in [6.45, 7) is 5.11. The molecule has 1 saturated carbocycles. The molecule has 4 heteroatoms. The molecule has 2 atom stereocenters. The molecule has 0 saturated heterocycles. The number of carbonyl (C=O) groups excluding carboxylic acids is 1. The van der Waals surface area contributed by atoms with Crippen LogP contribution in [0.5, 0.6) is 0 Å². The molecule has 2 unspecified atom stereocenters. The maximum atomic E-state index is 11.6. The largest absolute Gasteiger partial charge is 0.375 e. The lowest BCUT2D eigenvalue weighted by atomic mass is 9.85. The monoisotopic (exact) mass is 289 g/mol. The summed E-state index contributed by atoms with van der Waals surface area (Å²) in [6.07, 6.45) is 3.63. The average Bonchev–Trinajstić information content (AvgIpc) is 2.77. The molecular formula is C17H27N3O. The van der Waals surface area contributed by atoms with Gasteiger partial charge in [0.15, 0.2) is 0 Å². The fourth-order valence-electron chi connectivity index (χ4n) is 3.48. The number of primary amides is 1. The van der Waals surface area contributed by atoms with Crippen LogP contribution in [0.4, 0.5) is 5.69 Å². The molecule has 0 heterocycles. The van der Waals surface area contributed by atoms with Gasteiger partial charge in [0.1, 0.15) is 0 Å². The van der Waals surface area contributed by atoms with Gasteiger partial charge in [-0.1, -0.05) is 12.5 Å². The molecule has 1 aliphatic carbocycles.